The molecule has 0 saturated heterocycles. The molecule has 0 fully saturated rings. The average molecular weight is 1180 g/mol. The molecule has 4 atom stereocenters. The summed E-state index contributed by atoms with van der Waals surface area (Å²) in [5.41, 5.74) is 14.1. The highest BCUT2D eigenvalue weighted by Crippen LogP contribution is 2.41. The molecule has 0 unspecified atom stereocenters. The van der Waals surface area contributed by atoms with Crippen LogP contribution in [0.25, 0.3) is 9.69 Å². The first-order chi connectivity index (χ1) is 35.6. The summed E-state index contributed by atoms with van der Waals surface area (Å²) in [7, 11) is -5.60. The monoisotopic (exact) mass is 1180 g/mol. The summed E-state index contributed by atoms with van der Waals surface area (Å²) in [6, 6.07) is 19.3. The van der Waals surface area contributed by atoms with E-state index in [1.165, 1.54) is 31.2 Å². The van der Waals surface area contributed by atoms with Gasteiger partial charge in [0.1, 0.15) is 11.5 Å². The lowest BCUT2D eigenvalue weighted by Crippen LogP contribution is -2.51. The number of rotatable bonds is 14. The first-order valence-corrected chi connectivity index (χ1v) is 36.3. The van der Waals surface area contributed by atoms with Crippen molar-refractivity contribution in [3.63, 3.8) is 0 Å². The minimum atomic E-state index is -2.21. The first kappa shape index (κ1) is 68.9. The Morgan fingerprint density at radius 1 is 0.590 bits per heavy atom. The van der Waals surface area contributed by atoms with Crippen molar-refractivity contribution in [2.45, 2.75) is 169 Å². The Kier molecular flexibility index (Phi) is 25.0. The van der Waals surface area contributed by atoms with Crippen LogP contribution >= 0.6 is 34.3 Å². The lowest BCUT2D eigenvalue weighted by molar-refractivity contribution is -0.129. The number of nitrogens with one attached hydrogen (secondary N) is 4. The van der Waals surface area contributed by atoms with Gasteiger partial charge in [-0.3, -0.25) is 40.9 Å². The van der Waals surface area contributed by atoms with Gasteiger partial charge in [0.25, 0.3) is 11.8 Å². The number of nitrogens with zero attached hydrogens (tertiary/aromatic N) is 2. The molecule has 6 N–H and O–H groups in total. The van der Waals surface area contributed by atoms with E-state index >= 15 is 0 Å². The maximum atomic E-state index is 13.6. The molecule has 4 aromatic rings. The normalized spacial score (nSPS) is 13.5. The van der Waals surface area contributed by atoms with Gasteiger partial charge in [0.2, 0.25) is 31.5 Å². The number of aliphatic hydroxyl groups excluding tert-OH is 1. The summed E-state index contributed by atoms with van der Waals surface area (Å²) in [5, 5.41) is 20.3. The summed E-state index contributed by atoms with van der Waals surface area (Å²) >= 11 is 18.8. The number of benzene rings is 4. The Morgan fingerprint density at radius 2 is 0.949 bits per heavy atom. The molecule has 0 spiro atoms. The predicted octanol–water partition coefficient (Wildman–Crippen LogP) is 14.7. The number of amides is 4. The van der Waals surface area contributed by atoms with Crippen LogP contribution in [0.2, 0.25) is 64.4 Å². The number of phenols is 1. The van der Waals surface area contributed by atoms with Crippen LogP contribution in [-0.2, 0) is 26.9 Å². The Bertz CT molecular complexity index is 2790. The smallest absolute Gasteiger partial charge is 0.269 e. The summed E-state index contributed by atoms with van der Waals surface area (Å²) in [6.45, 7) is 54.0. The van der Waals surface area contributed by atoms with Gasteiger partial charge in [-0.25, -0.2) is 9.69 Å². The molecule has 0 aromatic heterocycles. The summed E-state index contributed by atoms with van der Waals surface area (Å²) in [6.07, 6.45) is -0.902. The van der Waals surface area contributed by atoms with Crippen molar-refractivity contribution in [2.75, 3.05) is 0 Å². The van der Waals surface area contributed by atoms with Crippen molar-refractivity contribution in [1.29, 1.82) is 0 Å². The van der Waals surface area contributed by atoms with E-state index in [2.05, 4.69) is 133 Å². The molecule has 4 aromatic carbocycles. The molecule has 0 heterocycles. The Hall–Kier alpha value is -5.22. The van der Waals surface area contributed by atoms with Gasteiger partial charge in [0.15, 0.2) is 15.7 Å². The number of hydrogen-bond donors (Lipinski definition) is 6. The highest BCUT2D eigenvalue weighted by molar-refractivity contribution is 7.20. The van der Waals surface area contributed by atoms with Gasteiger partial charge in [0.05, 0.1) is 47.2 Å². The molecule has 0 bridgehead atoms. The summed E-state index contributed by atoms with van der Waals surface area (Å²) < 4.78 is 12.9. The van der Waals surface area contributed by atoms with Crippen LogP contribution in [0, 0.1) is 38.8 Å². The second-order valence-corrected chi connectivity index (χ2v) is 41.6. The molecule has 426 valence electrons. The third kappa shape index (κ3) is 19.8. The van der Waals surface area contributed by atoms with Gasteiger partial charge >= 0.3 is 0 Å². The Labute approximate surface area is 482 Å². The molecule has 0 aliphatic heterocycles. The lowest BCUT2D eigenvalue weighted by atomic mass is 9.91. The second-order valence-electron chi connectivity index (χ2n) is 24.1. The molecule has 0 aliphatic carbocycles. The average Bonchev–Trinajstić information content (AvgIpc) is 3.32. The minimum absolute atomic E-state index is 0.0213. The quantitative estimate of drug-likeness (QED) is 0.0312. The van der Waals surface area contributed by atoms with Gasteiger partial charge in [-0.15, -0.1) is 0 Å². The zero-order valence-electron chi connectivity index (χ0n) is 49.0. The van der Waals surface area contributed by atoms with Crippen molar-refractivity contribution in [2.24, 2.45) is 11.8 Å². The van der Waals surface area contributed by atoms with E-state index in [1.54, 1.807) is 49.4 Å². The molecule has 4 rings (SSSR count). The Balaban J connectivity index is 0.000000494. The number of aliphatic hydroxyl groups is 1. The van der Waals surface area contributed by atoms with Crippen molar-refractivity contribution in [1.82, 2.24) is 21.7 Å². The van der Waals surface area contributed by atoms with Crippen LogP contribution in [0.3, 0.4) is 0 Å². The van der Waals surface area contributed by atoms with Gasteiger partial charge in [0, 0.05) is 11.1 Å². The van der Waals surface area contributed by atoms with E-state index < -0.39 is 65.8 Å². The number of aromatic hydroxyl groups is 1. The number of carbonyl (C=O) groups is 4. The highest BCUT2D eigenvalue weighted by atomic mass is 35.6. The number of carbonyl (C=O) groups excluding carboxylic acids is 4. The molecule has 0 radical (unpaired) electrons. The second kappa shape index (κ2) is 28.3. The molecule has 0 aliphatic rings. The largest absolute Gasteiger partial charge is 0.544 e. The van der Waals surface area contributed by atoms with Crippen LogP contribution in [0.15, 0.2) is 72.8 Å². The van der Waals surface area contributed by atoms with Crippen molar-refractivity contribution < 1.29 is 38.2 Å². The fourth-order valence-corrected chi connectivity index (χ4v) is 9.42. The zero-order chi connectivity index (χ0) is 60.1. The number of hydrogen-bond acceptors (Lipinski definition) is 8. The molecule has 14 nitrogen and oxygen atoms in total. The number of hydrazine groups is 2. The van der Waals surface area contributed by atoms with E-state index in [0.717, 1.165) is 22.4 Å². The fraction of sp³-hybridized carbons (Fsp3) is 0.483. The third-order valence-corrected chi connectivity index (χ3v) is 30.1. The van der Waals surface area contributed by atoms with Crippen LogP contribution in [0.1, 0.15) is 119 Å². The third-order valence-electron chi connectivity index (χ3n) is 15.0. The Morgan fingerprint density at radius 3 is 1.29 bits per heavy atom. The SMILES string of the molecule is CC(C)(C)[Si](C)(C)Cl.[C-]#[N+]c1ccc(C[C@@H](C(=O)NNC(=O)c2ccc(O)cc2)[C@H](C)O)c(C)c1Cl.[C-]#[N+]c1ccc(C[C@@H](C(=O)NNC(=O)c2ccc(O[Si](C)(C)C(C)(C)C)cc2)[C@H](C)O[Si](C)(C)C(C)(C)C)c(C)c1Cl. The molecule has 0 saturated carbocycles. The fourth-order valence-electron chi connectivity index (χ4n) is 6.49. The lowest BCUT2D eigenvalue weighted by Gasteiger charge is -2.40. The molecule has 4 amide bonds. The van der Waals surface area contributed by atoms with Crippen molar-refractivity contribution in [3.05, 3.63) is 139 Å². The molecule has 78 heavy (non-hydrogen) atoms. The molecular formula is C58H83Cl3N6O8Si3. The topological polar surface area (TPSA) is 184 Å². The van der Waals surface area contributed by atoms with Crippen molar-refractivity contribution >= 4 is 93.3 Å². The molecular weight excluding hydrogens is 1100 g/mol. The number of phenolic OH excluding ortho intramolecular Hbond substituents is 1. The van der Waals surface area contributed by atoms with E-state index in [0.29, 0.717) is 44.0 Å². The van der Waals surface area contributed by atoms with Crippen LogP contribution in [-0.4, -0.2) is 70.1 Å². The van der Waals surface area contributed by atoms with E-state index in [-0.39, 0.29) is 33.7 Å². The van der Waals surface area contributed by atoms with Crippen LogP contribution in [0.5, 0.6) is 11.5 Å². The van der Waals surface area contributed by atoms with Gasteiger partial charge in [-0.1, -0.05) is 123 Å². The van der Waals surface area contributed by atoms with E-state index in [9.17, 15) is 29.4 Å². The number of halogens is 3. The van der Waals surface area contributed by atoms with Gasteiger partial charge in [-0.05, 0) is 153 Å². The van der Waals surface area contributed by atoms with Gasteiger partial charge in [-0.2, -0.15) is 11.1 Å². The van der Waals surface area contributed by atoms with Crippen LogP contribution < -0.4 is 26.1 Å². The predicted molar refractivity (Wildman–Crippen MR) is 325 cm³/mol. The van der Waals surface area contributed by atoms with E-state index in [4.69, 9.17) is 56.3 Å². The minimum Gasteiger partial charge on any atom is -0.544 e. The zero-order valence-corrected chi connectivity index (χ0v) is 54.3. The van der Waals surface area contributed by atoms with Gasteiger partial charge < -0.3 is 19.1 Å². The van der Waals surface area contributed by atoms with Crippen LogP contribution in [0.4, 0.5) is 11.4 Å². The maximum Gasteiger partial charge on any atom is 0.269 e. The molecule has 20 heteroatoms. The summed E-state index contributed by atoms with van der Waals surface area (Å²) in [5.74, 6) is -2.63. The highest BCUT2D eigenvalue weighted by Gasteiger charge is 2.42. The first-order valence-electron chi connectivity index (χ1n) is 25.7. The van der Waals surface area contributed by atoms with E-state index in [1.807, 2.05) is 19.9 Å². The van der Waals surface area contributed by atoms with Crippen molar-refractivity contribution in [3.8, 4) is 11.5 Å². The summed E-state index contributed by atoms with van der Waals surface area (Å²) in [4.78, 5) is 57.9. The standard InChI is InChI=1S/C32H48ClN3O4Si2.C20H20ClN3O4.C6H15ClSi/c1-21-24(16-19-27(34-9)28(21)33)20-26(22(2)39-41(10,11)31(3,4)5)30(38)36-35-29(37)23-14-17-25(18-15-23)40-42(12,13)32(6,7)8;1-11-14(6-9-17(22-3)18(11)21)10-16(12(2)25)20(28)24-23-19(27)13-4-7-15(26)8-5-13;1-6(2,3)8(4,5)7/h14-19,22,26H,20H2,1-8,10-13H3,(H,35,37)(H,36,38);4-9,12,16,25-26H,10H2,1-2H3,(H,23,27)(H,24,28);1-5H3/t22-,26+;12-,16+;/m00./s1. The maximum absolute atomic E-state index is 13.6.